The SMILES string of the molecule is C[NH+](C)C[C@H](NC(=O)CCNC(=O)c1ccccc1Cl)c1ccccc1. The molecule has 0 radical (unpaired) electrons. The Hall–Kier alpha value is -2.37. The molecule has 0 aliphatic carbocycles. The molecule has 2 aromatic carbocycles. The molecule has 6 heteroatoms. The highest BCUT2D eigenvalue weighted by Crippen LogP contribution is 2.14. The summed E-state index contributed by atoms with van der Waals surface area (Å²) in [5.41, 5.74) is 1.48. The van der Waals surface area contributed by atoms with Crippen molar-refractivity contribution in [2.45, 2.75) is 12.5 Å². The number of rotatable bonds is 8. The Morgan fingerprint density at radius 2 is 1.69 bits per heavy atom. The minimum absolute atomic E-state index is 0.0621. The van der Waals surface area contributed by atoms with Crippen LogP contribution in [0, 0.1) is 0 Å². The lowest BCUT2D eigenvalue weighted by Crippen LogP contribution is -3.06. The first-order valence-corrected chi connectivity index (χ1v) is 9.01. The molecule has 1 atom stereocenters. The smallest absolute Gasteiger partial charge is 0.252 e. The van der Waals surface area contributed by atoms with Gasteiger partial charge in [0.2, 0.25) is 5.91 Å². The quantitative estimate of drug-likeness (QED) is 0.655. The Bertz CT molecular complexity index is 735. The van der Waals surface area contributed by atoms with Crippen LogP contribution in [0.3, 0.4) is 0 Å². The summed E-state index contributed by atoms with van der Waals surface area (Å²) < 4.78 is 0. The van der Waals surface area contributed by atoms with Crippen LogP contribution in [0.25, 0.3) is 0 Å². The molecular formula is C20H25ClN3O2+. The van der Waals surface area contributed by atoms with Crippen molar-refractivity contribution in [2.24, 2.45) is 0 Å². The maximum Gasteiger partial charge on any atom is 0.252 e. The zero-order valence-corrected chi connectivity index (χ0v) is 15.8. The molecule has 0 saturated carbocycles. The summed E-state index contributed by atoms with van der Waals surface area (Å²) in [6.07, 6.45) is 0.211. The fourth-order valence-electron chi connectivity index (χ4n) is 2.64. The number of hydrogen-bond acceptors (Lipinski definition) is 2. The zero-order chi connectivity index (χ0) is 18.9. The van der Waals surface area contributed by atoms with Gasteiger partial charge in [0.15, 0.2) is 0 Å². The normalized spacial score (nSPS) is 11.8. The van der Waals surface area contributed by atoms with Crippen LogP contribution in [0.5, 0.6) is 0 Å². The standard InChI is InChI=1S/C20H24ClN3O2/c1-24(2)14-18(15-8-4-3-5-9-15)23-19(25)12-13-22-20(26)16-10-6-7-11-17(16)21/h3-11,18H,12-14H2,1-2H3,(H,22,26)(H,23,25)/p+1/t18-/m0/s1. The molecule has 0 heterocycles. The Morgan fingerprint density at radius 1 is 1.04 bits per heavy atom. The fourth-order valence-corrected chi connectivity index (χ4v) is 2.86. The number of halogens is 1. The van der Waals surface area contributed by atoms with E-state index in [4.69, 9.17) is 11.6 Å². The van der Waals surface area contributed by atoms with Crippen LogP contribution < -0.4 is 15.5 Å². The maximum absolute atomic E-state index is 12.3. The van der Waals surface area contributed by atoms with Crippen molar-refractivity contribution in [1.29, 1.82) is 0 Å². The lowest BCUT2D eigenvalue weighted by molar-refractivity contribution is -0.860. The number of likely N-dealkylation sites (N-methyl/N-ethyl adjacent to an activating group) is 1. The Balaban J connectivity index is 1.86. The van der Waals surface area contributed by atoms with E-state index >= 15 is 0 Å². The van der Waals surface area contributed by atoms with Crippen molar-refractivity contribution >= 4 is 23.4 Å². The Morgan fingerprint density at radius 3 is 2.35 bits per heavy atom. The van der Waals surface area contributed by atoms with Crippen molar-refractivity contribution in [2.75, 3.05) is 27.2 Å². The van der Waals surface area contributed by atoms with Gasteiger partial charge in [0, 0.05) is 13.0 Å². The molecule has 2 aromatic rings. The van der Waals surface area contributed by atoms with Crippen molar-refractivity contribution in [3.8, 4) is 0 Å². The lowest BCUT2D eigenvalue weighted by atomic mass is 10.1. The van der Waals surface area contributed by atoms with E-state index in [0.717, 1.165) is 12.1 Å². The van der Waals surface area contributed by atoms with Crippen LogP contribution >= 0.6 is 11.6 Å². The summed E-state index contributed by atoms with van der Waals surface area (Å²) in [4.78, 5) is 25.6. The first kappa shape index (κ1) is 19.9. The molecule has 0 aromatic heterocycles. The lowest BCUT2D eigenvalue weighted by Gasteiger charge is -2.21. The second-order valence-corrected chi connectivity index (χ2v) is 6.83. The number of nitrogens with one attached hydrogen (secondary N) is 3. The molecule has 0 fully saturated rings. The molecule has 0 bridgehead atoms. The van der Waals surface area contributed by atoms with Crippen LogP contribution in [0.15, 0.2) is 54.6 Å². The Kier molecular flexibility index (Phi) is 7.63. The zero-order valence-electron chi connectivity index (χ0n) is 15.1. The summed E-state index contributed by atoms with van der Waals surface area (Å²) in [5.74, 6) is -0.375. The highest BCUT2D eigenvalue weighted by atomic mass is 35.5. The van der Waals surface area contributed by atoms with Gasteiger partial charge in [-0.05, 0) is 17.7 Å². The van der Waals surface area contributed by atoms with Gasteiger partial charge in [0.1, 0.15) is 12.6 Å². The van der Waals surface area contributed by atoms with Crippen molar-refractivity contribution in [1.82, 2.24) is 10.6 Å². The number of quaternary nitrogens is 1. The average molecular weight is 375 g/mol. The maximum atomic E-state index is 12.3. The number of amides is 2. The molecule has 138 valence electrons. The minimum atomic E-state index is -0.277. The van der Waals surface area contributed by atoms with Gasteiger partial charge >= 0.3 is 0 Å². The monoisotopic (exact) mass is 374 g/mol. The third-order valence-corrected chi connectivity index (χ3v) is 4.24. The summed E-state index contributed by atoms with van der Waals surface area (Å²) in [7, 11) is 4.10. The van der Waals surface area contributed by atoms with Crippen molar-refractivity contribution in [3.05, 3.63) is 70.7 Å². The van der Waals surface area contributed by atoms with E-state index in [0.29, 0.717) is 10.6 Å². The predicted molar refractivity (Wildman–Crippen MR) is 103 cm³/mol. The highest BCUT2D eigenvalue weighted by Gasteiger charge is 2.17. The van der Waals surface area contributed by atoms with Gasteiger partial charge in [-0.1, -0.05) is 54.1 Å². The van der Waals surface area contributed by atoms with E-state index in [1.807, 2.05) is 44.4 Å². The predicted octanol–water partition coefficient (Wildman–Crippen LogP) is 1.46. The van der Waals surface area contributed by atoms with E-state index in [1.54, 1.807) is 24.3 Å². The molecule has 0 spiro atoms. The van der Waals surface area contributed by atoms with Gasteiger partial charge in [-0.3, -0.25) is 9.59 Å². The highest BCUT2D eigenvalue weighted by molar-refractivity contribution is 6.33. The van der Waals surface area contributed by atoms with Crippen molar-refractivity contribution < 1.29 is 14.5 Å². The topological polar surface area (TPSA) is 62.6 Å². The average Bonchev–Trinajstić information content (AvgIpc) is 2.62. The Labute approximate surface area is 159 Å². The third kappa shape index (κ3) is 6.17. The van der Waals surface area contributed by atoms with Gasteiger partial charge < -0.3 is 15.5 Å². The molecule has 0 aliphatic rings. The van der Waals surface area contributed by atoms with Gasteiger partial charge in [-0.2, -0.15) is 0 Å². The number of hydrogen-bond donors (Lipinski definition) is 3. The third-order valence-electron chi connectivity index (χ3n) is 3.91. The molecule has 2 rings (SSSR count). The van der Waals surface area contributed by atoms with Gasteiger partial charge in [0.25, 0.3) is 5.91 Å². The molecule has 5 nitrogen and oxygen atoms in total. The van der Waals surface area contributed by atoms with E-state index in [9.17, 15) is 9.59 Å². The largest absolute Gasteiger partial charge is 0.351 e. The summed E-state index contributed by atoms with van der Waals surface area (Å²) in [6, 6.07) is 16.7. The minimum Gasteiger partial charge on any atom is -0.351 e. The molecule has 0 saturated heterocycles. The second kappa shape index (κ2) is 9.94. The number of carbonyl (C=O) groups is 2. The van der Waals surface area contributed by atoms with Crippen LogP contribution in [-0.2, 0) is 4.79 Å². The molecule has 3 N–H and O–H groups in total. The summed E-state index contributed by atoms with van der Waals surface area (Å²) in [5, 5.41) is 6.18. The van der Waals surface area contributed by atoms with Crippen LogP contribution in [0.4, 0.5) is 0 Å². The van der Waals surface area contributed by atoms with Crippen LogP contribution in [-0.4, -0.2) is 39.0 Å². The molecule has 0 aliphatic heterocycles. The fraction of sp³-hybridized carbons (Fsp3) is 0.300. The van der Waals surface area contributed by atoms with Crippen molar-refractivity contribution in [3.63, 3.8) is 0 Å². The molecule has 2 amide bonds. The number of carbonyl (C=O) groups excluding carboxylic acids is 2. The van der Waals surface area contributed by atoms with Crippen LogP contribution in [0.2, 0.25) is 5.02 Å². The molecular weight excluding hydrogens is 350 g/mol. The molecule has 0 unspecified atom stereocenters. The van der Waals surface area contributed by atoms with E-state index in [2.05, 4.69) is 10.6 Å². The van der Waals surface area contributed by atoms with Gasteiger partial charge in [-0.15, -0.1) is 0 Å². The van der Waals surface area contributed by atoms with E-state index in [-0.39, 0.29) is 30.8 Å². The van der Waals surface area contributed by atoms with Crippen LogP contribution in [0.1, 0.15) is 28.4 Å². The first-order chi connectivity index (χ1) is 12.5. The summed E-state index contributed by atoms with van der Waals surface area (Å²) >= 11 is 6.00. The van der Waals surface area contributed by atoms with E-state index < -0.39 is 0 Å². The second-order valence-electron chi connectivity index (χ2n) is 6.43. The molecule has 26 heavy (non-hydrogen) atoms. The summed E-state index contributed by atoms with van der Waals surface area (Å²) in [6.45, 7) is 1.04. The number of benzene rings is 2. The van der Waals surface area contributed by atoms with E-state index in [1.165, 1.54) is 4.90 Å². The van der Waals surface area contributed by atoms with Gasteiger partial charge in [-0.25, -0.2) is 0 Å². The first-order valence-electron chi connectivity index (χ1n) is 8.63. The van der Waals surface area contributed by atoms with Gasteiger partial charge in [0.05, 0.1) is 24.7 Å².